The summed E-state index contributed by atoms with van der Waals surface area (Å²) in [6.45, 7) is 0. The van der Waals surface area contributed by atoms with Crippen molar-refractivity contribution in [3.05, 3.63) is 157 Å². The molecule has 1 atom stereocenters. The van der Waals surface area contributed by atoms with Gasteiger partial charge < -0.3 is 10.2 Å². The van der Waals surface area contributed by atoms with Gasteiger partial charge in [0.25, 0.3) is 0 Å². The molecular formula is C40H27N3. The van der Waals surface area contributed by atoms with E-state index in [-0.39, 0.29) is 6.17 Å². The summed E-state index contributed by atoms with van der Waals surface area (Å²) in [6, 6.07) is 54.4. The molecule has 1 N–H and O–H groups in total. The van der Waals surface area contributed by atoms with Crippen molar-refractivity contribution < 1.29 is 0 Å². The highest BCUT2D eigenvalue weighted by atomic mass is 15.3. The molecule has 202 valence electrons. The fourth-order valence-corrected chi connectivity index (χ4v) is 6.81. The molecule has 1 unspecified atom stereocenters. The lowest BCUT2D eigenvalue weighted by atomic mass is 9.94. The smallest absolute Gasteiger partial charge is 0.130 e. The van der Waals surface area contributed by atoms with Crippen molar-refractivity contribution in [3.63, 3.8) is 0 Å². The summed E-state index contributed by atoms with van der Waals surface area (Å²) in [5, 5.41) is 5.04. The molecule has 6 aromatic carbocycles. The third-order valence-corrected chi connectivity index (χ3v) is 8.79. The summed E-state index contributed by atoms with van der Waals surface area (Å²) in [5.74, 6) is 0. The van der Waals surface area contributed by atoms with Gasteiger partial charge in [-0.3, -0.25) is 0 Å². The molecule has 0 spiro atoms. The molecule has 3 heterocycles. The molecule has 7 aromatic rings. The predicted molar refractivity (Wildman–Crippen MR) is 178 cm³/mol. The van der Waals surface area contributed by atoms with Crippen LogP contribution in [0.3, 0.4) is 0 Å². The van der Waals surface area contributed by atoms with Crippen LogP contribution in [0.1, 0.15) is 11.7 Å². The fraction of sp³-hybridized carbons (Fsp3) is 0.0250. The molecule has 0 amide bonds. The van der Waals surface area contributed by atoms with Gasteiger partial charge in [0.2, 0.25) is 0 Å². The highest BCUT2D eigenvalue weighted by Gasteiger charge is 2.37. The predicted octanol–water partition coefficient (Wildman–Crippen LogP) is 10.5. The Labute approximate surface area is 250 Å². The van der Waals surface area contributed by atoms with Crippen molar-refractivity contribution in [1.82, 2.24) is 4.98 Å². The standard InChI is InChI=1S/C40H27N3/c1-5-19-35-26(10-1)22-23-36(41-35)29-13-7-11-27(24-29)28-12-8-14-30(25-28)40-42-37-20-9-18-34-32-16-3-2-15-31(32)33-17-4-6-21-38(33)43(40)39(34)37/h1-25,40,42H. The van der Waals surface area contributed by atoms with Gasteiger partial charge in [0, 0.05) is 22.1 Å². The number of pyridine rings is 1. The number of fused-ring (bicyclic) bond motifs is 6. The molecular weight excluding hydrogens is 522 g/mol. The second-order valence-corrected chi connectivity index (χ2v) is 11.3. The summed E-state index contributed by atoms with van der Waals surface area (Å²) < 4.78 is 0. The third kappa shape index (κ3) is 3.79. The van der Waals surface area contributed by atoms with Gasteiger partial charge in [-0.1, -0.05) is 115 Å². The van der Waals surface area contributed by atoms with E-state index >= 15 is 0 Å². The van der Waals surface area contributed by atoms with Crippen molar-refractivity contribution >= 4 is 28.0 Å². The fourth-order valence-electron chi connectivity index (χ4n) is 6.81. The second-order valence-electron chi connectivity index (χ2n) is 11.3. The number of para-hydroxylation sites is 3. The minimum absolute atomic E-state index is 0.0445. The van der Waals surface area contributed by atoms with Gasteiger partial charge in [-0.2, -0.15) is 0 Å². The number of rotatable bonds is 3. The van der Waals surface area contributed by atoms with Crippen molar-refractivity contribution in [3.8, 4) is 44.6 Å². The van der Waals surface area contributed by atoms with Crippen LogP contribution in [0, 0.1) is 0 Å². The van der Waals surface area contributed by atoms with E-state index in [9.17, 15) is 0 Å². The summed E-state index contributed by atoms with van der Waals surface area (Å²) in [4.78, 5) is 7.44. The van der Waals surface area contributed by atoms with E-state index in [2.05, 4.69) is 156 Å². The number of aromatic nitrogens is 1. The third-order valence-electron chi connectivity index (χ3n) is 8.79. The largest absolute Gasteiger partial charge is 0.359 e. The topological polar surface area (TPSA) is 28.2 Å². The molecule has 1 aromatic heterocycles. The minimum Gasteiger partial charge on any atom is -0.359 e. The van der Waals surface area contributed by atoms with Gasteiger partial charge >= 0.3 is 0 Å². The summed E-state index contributed by atoms with van der Waals surface area (Å²) in [7, 11) is 0. The van der Waals surface area contributed by atoms with Crippen LogP contribution in [-0.2, 0) is 0 Å². The van der Waals surface area contributed by atoms with Crippen molar-refractivity contribution in [2.24, 2.45) is 0 Å². The summed E-state index contributed by atoms with van der Waals surface area (Å²) >= 11 is 0. The maximum absolute atomic E-state index is 4.95. The van der Waals surface area contributed by atoms with Crippen LogP contribution in [0.2, 0.25) is 0 Å². The Kier molecular flexibility index (Phi) is 5.26. The molecule has 0 aliphatic carbocycles. The van der Waals surface area contributed by atoms with E-state index in [1.807, 2.05) is 6.07 Å². The lowest BCUT2D eigenvalue weighted by Gasteiger charge is -2.29. The van der Waals surface area contributed by atoms with Crippen LogP contribution in [0.15, 0.2) is 152 Å². The number of nitrogens with one attached hydrogen (secondary N) is 1. The number of anilines is 3. The molecule has 0 radical (unpaired) electrons. The number of nitrogens with zero attached hydrogens (tertiary/aromatic N) is 2. The first-order chi connectivity index (χ1) is 21.3. The Balaban J connectivity index is 1.15. The molecule has 9 rings (SSSR count). The van der Waals surface area contributed by atoms with Crippen LogP contribution in [-0.4, -0.2) is 4.98 Å². The molecule has 3 heteroatoms. The molecule has 0 bridgehead atoms. The quantitative estimate of drug-likeness (QED) is 0.238. The molecule has 43 heavy (non-hydrogen) atoms. The Morgan fingerprint density at radius 3 is 2.09 bits per heavy atom. The van der Waals surface area contributed by atoms with Crippen molar-refractivity contribution in [1.29, 1.82) is 0 Å². The highest BCUT2D eigenvalue weighted by molar-refractivity contribution is 6.05. The number of hydrogen-bond donors (Lipinski definition) is 1. The van der Waals surface area contributed by atoms with Gasteiger partial charge in [0.1, 0.15) is 6.17 Å². The summed E-state index contributed by atoms with van der Waals surface area (Å²) in [6.07, 6.45) is -0.0445. The van der Waals surface area contributed by atoms with E-state index in [1.54, 1.807) is 0 Å². The van der Waals surface area contributed by atoms with E-state index in [1.165, 1.54) is 50.3 Å². The lowest BCUT2D eigenvalue weighted by Crippen LogP contribution is -2.23. The molecule has 0 fully saturated rings. The first-order valence-electron chi connectivity index (χ1n) is 14.8. The van der Waals surface area contributed by atoms with Gasteiger partial charge in [-0.05, 0) is 64.2 Å². The normalized spacial score (nSPS) is 14.4. The van der Waals surface area contributed by atoms with E-state index in [0.717, 1.165) is 27.8 Å². The van der Waals surface area contributed by atoms with Crippen LogP contribution in [0.25, 0.3) is 55.5 Å². The van der Waals surface area contributed by atoms with Crippen LogP contribution in [0.5, 0.6) is 0 Å². The van der Waals surface area contributed by atoms with Crippen LogP contribution >= 0.6 is 0 Å². The molecule has 3 nitrogen and oxygen atoms in total. The zero-order valence-electron chi connectivity index (χ0n) is 23.4. The molecule has 2 aliphatic rings. The van der Waals surface area contributed by atoms with E-state index < -0.39 is 0 Å². The summed E-state index contributed by atoms with van der Waals surface area (Å²) in [5.41, 5.74) is 15.3. The SMILES string of the molecule is c1cc(-c2cccc(C3Nc4cccc5c4N3c3ccccc3-c3ccccc3-5)c2)cc(-c2ccc3ccccc3n2)c1. The molecule has 2 aliphatic heterocycles. The Morgan fingerprint density at radius 2 is 1.19 bits per heavy atom. The van der Waals surface area contributed by atoms with E-state index in [4.69, 9.17) is 4.98 Å². The van der Waals surface area contributed by atoms with Gasteiger partial charge in [0.15, 0.2) is 0 Å². The second kappa shape index (κ2) is 9.43. The van der Waals surface area contributed by atoms with Crippen LogP contribution in [0.4, 0.5) is 17.1 Å². The van der Waals surface area contributed by atoms with Gasteiger partial charge in [-0.15, -0.1) is 0 Å². The van der Waals surface area contributed by atoms with Crippen molar-refractivity contribution in [2.75, 3.05) is 10.2 Å². The zero-order chi connectivity index (χ0) is 28.3. The first-order valence-corrected chi connectivity index (χ1v) is 14.8. The van der Waals surface area contributed by atoms with Gasteiger partial charge in [-0.25, -0.2) is 4.98 Å². The lowest BCUT2D eigenvalue weighted by molar-refractivity contribution is 0.830. The zero-order valence-corrected chi connectivity index (χ0v) is 23.4. The maximum Gasteiger partial charge on any atom is 0.130 e. The average molecular weight is 550 g/mol. The Bertz CT molecular complexity index is 2200. The highest BCUT2D eigenvalue weighted by Crippen LogP contribution is 2.56. The Hall–Kier alpha value is -5.67. The van der Waals surface area contributed by atoms with E-state index in [0.29, 0.717) is 0 Å². The Morgan fingerprint density at radius 1 is 0.512 bits per heavy atom. The monoisotopic (exact) mass is 549 g/mol. The maximum atomic E-state index is 4.95. The molecule has 0 saturated heterocycles. The number of benzene rings is 6. The minimum atomic E-state index is -0.0445. The van der Waals surface area contributed by atoms with Crippen molar-refractivity contribution in [2.45, 2.75) is 6.17 Å². The average Bonchev–Trinajstić information content (AvgIpc) is 3.42. The van der Waals surface area contributed by atoms with Crippen LogP contribution < -0.4 is 10.2 Å². The van der Waals surface area contributed by atoms with Gasteiger partial charge in [0.05, 0.1) is 28.3 Å². The molecule has 0 saturated carbocycles. The first kappa shape index (κ1) is 24.0. The number of hydrogen-bond acceptors (Lipinski definition) is 3.